The Morgan fingerprint density at radius 1 is 1.54 bits per heavy atom. The Bertz CT molecular complexity index is 97.6. The van der Waals surface area contributed by atoms with Gasteiger partial charge in [-0.1, -0.05) is 0 Å². The van der Waals surface area contributed by atoms with Crippen molar-refractivity contribution in [2.24, 2.45) is 0 Å². The molecule has 1 unspecified atom stereocenters. The molecule has 0 spiro atoms. The number of aliphatic hydroxyl groups excluding tert-OH is 1. The summed E-state index contributed by atoms with van der Waals surface area (Å²) in [5.74, 6) is 1.19. The van der Waals surface area contributed by atoms with Crippen LogP contribution in [0.2, 0.25) is 0 Å². The summed E-state index contributed by atoms with van der Waals surface area (Å²) in [4.78, 5) is 0. The molecular formula is C9H21NO2S. The molecule has 0 radical (unpaired) electrons. The van der Waals surface area contributed by atoms with Crippen molar-refractivity contribution in [2.45, 2.75) is 18.9 Å². The third kappa shape index (κ3) is 8.56. The number of nitrogens with one attached hydrogen (secondary N) is 1. The van der Waals surface area contributed by atoms with Gasteiger partial charge in [-0.05, 0) is 31.4 Å². The molecular weight excluding hydrogens is 186 g/mol. The molecule has 0 saturated carbocycles. The zero-order chi connectivity index (χ0) is 9.94. The highest BCUT2D eigenvalue weighted by molar-refractivity contribution is 7.98. The number of hydrogen-bond acceptors (Lipinski definition) is 4. The Kier molecular flexibility index (Phi) is 10.5. The molecule has 1 atom stereocenters. The Morgan fingerprint density at radius 3 is 2.85 bits per heavy atom. The van der Waals surface area contributed by atoms with E-state index in [0.717, 1.165) is 13.0 Å². The van der Waals surface area contributed by atoms with Gasteiger partial charge in [0.25, 0.3) is 0 Å². The fourth-order valence-electron chi connectivity index (χ4n) is 1.12. The molecule has 0 saturated heterocycles. The van der Waals surface area contributed by atoms with E-state index in [2.05, 4.69) is 11.6 Å². The molecule has 0 aromatic carbocycles. The van der Waals surface area contributed by atoms with Crippen LogP contribution in [0.25, 0.3) is 0 Å². The molecule has 0 fully saturated rings. The SMILES string of the molecule is COCC(CCO)NCCCSC. The second kappa shape index (κ2) is 10.3. The second-order valence-corrected chi connectivity index (χ2v) is 3.95. The summed E-state index contributed by atoms with van der Waals surface area (Å²) in [5.41, 5.74) is 0. The molecule has 0 aromatic rings. The van der Waals surface area contributed by atoms with E-state index < -0.39 is 0 Å². The van der Waals surface area contributed by atoms with E-state index in [9.17, 15) is 0 Å². The van der Waals surface area contributed by atoms with E-state index >= 15 is 0 Å². The first kappa shape index (κ1) is 13.2. The standard InChI is InChI=1S/C9H21NO2S/c1-12-8-9(4-6-11)10-5-3-7-13-2/h9-11H,3-8H2,1-2H3. The summed E-state index contributed by atoms with van der Waals surface area (Å²) >= 11 is 1.86. The lowest BCUT2D eigenvalue weighted by Gasteiger charge is -2.16. The van der Waals surface area contributed by atoms with E-state index in [1.165, 1.54) is 12.2 Å². The summed E-state index contributed by atoms with van der Waals surface area (Å²) in [6.45, 7) is 1.91. The molecule has 0 aliphatic heterocycles. The average molecular weight is 207 g/mol. The second-order valence-electron chi connectivity index (χ2n) is 2.97. The Balaban J connectivity index is 3.33. The van der Waals surface area contributed by atoms with Crippen molar-refractivity contribution >= 4 is 11.8 Å². The van der Waals surface area contributed by atoms with Gasteiger partial charge >= 0.3 is 0 Å². The third-order valence-electron chi connectivity index (χ3n) is 1.80. The number of methoxy groups -OCH3 is 1. The van der Waals surface area contributed by atoms with Crippen molar-refractivity contribution in [3.8, 4) is 0 Å². The van der Waals surface area contributed by atoms with E-state index in [1.54, 1.807) is 7.11 Å². The molecule has 80 valence electrons. The number of hydrogen-bond donors (Lipinski definition) is 2. The zero-order valence-corrected chi connectivity index (χ0v) is 9.40. The maximum absolute atomic E-state index is 8.77. The molecule has 0 heterocycles. The maximum Gasteiger partial charge on any atom is 0.0616 e. The lowest BCUT2D eigenvalue weighted by atomic mass is 10.2. The molecule has 0 bridgehead atoms. The Labute approximate surface area is 85.2 Å². The van der Waals surface area contributed by atoms with Crippen molar-refractivity contribution in [1.82, 2.24) is 5.32 Å². The van der Waals surface area contributed by atoms with Gasteiger partial charge in [-0.2, -0.15) is 11.8 Å². The molecule has 0 amide bonds. The summed E-state index contributed by atoms with van der Waals surface area (Å²) in [6, 6.07) is 0.303. The Hall–Kier alpha value is 0.230. The van der Waals surface area contributed by atoms with E-state index in [0.29, 0.717) is 12.6 Å². The number of rotatable bonds is 9. The molecule has 0 aromatic heterocycles. The van der Waals surface area contributed by atoms with Gasteiger partial charge in [0.05, 0.1) is 6.61 Å². The van der Waals surface area contributed by atoms with Crippen LogP contribution in [0.5, 0.6) is 0 Å². The van der Waals surface area contributed by atoms with Crippen molar-refractivity contribution < 1.29 is 9.84 Å². The molecule has 13 heavy (non-hydrogen) atoms. The van der Waals surface area contributed by atoms with E-state index in [4.69, 9.17) is 9.84 Å². The summed E-state index contributed by atoms with van der Waals surface area (Å²) < 4.78 is 5.03. The van der Waals surface area contributed by atoms with Gasteiger partial charge in [-0.3, -0.25) is 0 Å². The van der Waals surface area contributed by atoms with Crippen LogP contribution < -0.4 is 5.32 Å². The summed E-state index contributed by atoms with van der Waals surface area (Å²) in [6.07, 6.45) is 4.06. The van der Waals surface area contributed by atoms with Crippen LogP contribution >= 0.6 is 11.8 Å². The zero-order valence-electron chi connectivity index (χ0n) is 8.58. The van der Waals surface area contributed by atoms with E-state index in [-0.39, 0.29) is 6.61 Å². The Morgan fingerprint density at radius 2 is 2.31 bits per heavy atom. The first-order chi connectivity index (χ1) is 6.35. The highest BCUT2D eigenvalue weighted by Gasteiger charge is 2.05. The normalized spacial score (nSPS) is 13.2. The first-order valence-corrected chi connectivity index (χ1v) is 6.06. The van der Waals surface area contributed by atoms with E-state index in [1.807, 2.05) is 11.8 Å². The molecule has 2 N–H and O–H groups in total. The largest absolute Gasteiger partial charge is 0.396 e. The van der Waals surface area contributed by atoms with Crippen molar-refractivity contribution in [2.75, 3.05) is 38.9 Å². The predicted molar refractivity (Wildman–Crippen MR) is 58.4 cm³/mol. The van der Waals surface area contributed by atoms with Crippen LogP contribution in [-0.4, -0.2) is 50.0 Å². The van der Waals surface area contributed by atoms with Crippen LogP contribution in [-0.2, 0) is 4.74 Å². The van der Waals surface area contributed by atoms with Crippen LogP contribution in [0.1, 0.15) is 12.8 Å². The fourth-order valence-corrected chi connectivity index (χ4v) is 1.56. The quantitative estimate of drug-likeness (QED) is 0.547. The maximum atomic E-state index is 8.77. The highest BCUT2D eigenvalue weighted by Crippen LogP contribution is 1.96. The molecule has 4 heteroatoms. The summed E-state index contributed by atoms with van der Waals surface area (Å²) in [7, 11) is 1.69. The minimum Gasteiger partial charge on any atom is -0.396 e. The van der Waals surface area contributed by atoms with Crippen molar-refractivity contribution in [1.29, 1.82) is 0 Å². The van der Waals surface area contributed by atoms with Crippen LogP contribution in [0, 0.1) is 0 Å². The lowest BCUT2D eigenvalue weighted by Crippen LogP contribution is -2.34. The van der Waals surface area contributed by atoms with Crippen LogP contribution in [0.4, 0.5) is 0 Å². The van der Waals surface area contributed by atoms with Gasteiger partial charge in [0.2, 0.25) is 0 Å². The smallest absolute Gasteiger partial charge is 0.0616 e. The minimum absolute atomic E-state index is 0.226. The van der Waals surface area contributed by atoms with Gasteiger partial charge in [-0.15, -0.1) is 0 Å². The topological polar surface area (TPSA) is 41.5 Å². The first-order valence-electron chi connectivity index (χ1n) is 4.67. The average Bonchev–Trinajstić information content (AvgIpc) is 2.13. The van der Waals surface area contributed by atoms with Gasteiger partial charge in [0, 0.05) is 19.8 Å². The predicted octanol–water partition coefficient (Wildman–Crippen LogP) is 0.726. The number of aliphatic hydroxyl groups is 1. The highest BCUT2D eigenvalue weighted by atomic mass is 32.2. The molecule has 0 aliphatic rings. The lowest BCUT2D eigenvalue weighted by molar-refractivity contribution is 0.149. The minimum atomic E-state index is 0.226. The van der Waals surface area contributed by atoms with Gasteiger partial charge < -0.3 is 15.2 Å². The van der Waals surface area contributed by atoms with Gasteiger partial charge in [0.1, 0.15) is 0 Å². The third-order valence-corrected chi connectivity index (χ3v) is 2.50. The number of thioether (sulfide) groups is 1. The summed E-state index contributed by atoms with van der Waals surface area (Å²) in [5, 5.41) is 12.1. The van der Waals surface area contributed by atoms with Crippen molar-refractivity contribution in [3.63, 3.8) is 0 Å². The van der Waals surface area contributed by atoms with Crippen LogP contribution in [0.15, 0.2) is 0 Å². The molecule has 0 rings (SSSR count). The number of ether oxygens (including phenoxy) is 1. The fraction of sp³-hybridized carbons (Fsp3) is 1.00. The molecule has 3 nitrogen and oxygen atoms in total. The molecule has 0 aliphatic carbocycles. The van der Waals surface area contributed by atoms with Crippen molar-refractivity contribution in [3.05, 3.63) is 0 Å². The van der Waals surface area contributed by atoms with Gasteiger partial charge in [-0.25, -0.2) is 0 Å². The van der Waals surface area contributed by atoms with Gasteiger partial charge in [0.15, 0.2) is 0 Å². The monoisotopic (exact) mass is 207 g/mol. The van der Waals surface area contributed by atoms with Crippen LogP contribution in [0.3, 0.4) is 0 Å².